The molecule has 1 N–H and O–H groups in total. The molecular weight excluding hydrogens is 294 g/mol. The van der Waals surface area contributed by atoms with Crippen LogP contribution < -0.4 is 4.72 Å². The Kier molecular flexibility index (Phi) is 3.88. The number of amides is 1. The van der Waals surface area contributed by atoms with Gasteiger partial charge in [0.25, 0.3) is 0 Å². The number of sulfonamides is 1. The molecule has 118 valence electrons. The molecule has 0 aliphatic carbocycles. The summed E-state index contributed by atoms with van der Waals surface area (Å²) in [5, 5.41) is 3.65. The van der Waals surface area contributed by atoms with Crippen LogP contribution in [0.3, 0.4) is 0 Å². The molecule has 1 fully saturated rings. The van der Waals surface area contributed by atoms with E-state index in [2.05, 4.69) is 9.88 Å². The molecule has 1 aromatic heterocycles. The number of aryl methyl sites for hydroxylation is 2. The van der Waals surface area contributed by atoms with Crippen molar-refractivity contribution in [3.05, 3.63) is 11.5 Å². The van der Waals surface area contributed by atoms with E-state index in [1.54, 1.807) is 18.7 Å². The Morgan fingerprint density at radius 1 is 1.33 bits per heavy atom. The SMILES string of the molecule is Cc1noc(C)c1S(=O)(=O)NC1CC(=O)N(C(C)(C)C)C1. The van der Waals surface area contributed by atoms with Crippen LogP contribution >= 0.6 is 0 Å². The fourth-order valence-corrected chi connectivity index (χ4v) is 4.13. The van der Waals surface area contributed by atoms with Gasteiger partial charge in [0.1, 0.15) is 10.6 Å². The van der Waals surface area contributed by atoms with Gasteiger partial charge in [0.2, 0.25) is 15.9 Å². The Morgan fingerprint density at radius 3 is 2.38 bits per heavy atom. The molecule has 0 bridgehead atoms. The maximum absolute atomic E-state index is 12.4. The molecule has 2 rings (SSSR count). The Labute approximate surface area is 124 Å². The van der Waals surface area contributed by atoms with Crippen LogP contribution in [0.4, 0.5) is 0 Å². The lowest BCUT2D eigenvalue weighted by Gasteiger charge is -2.32. The van der Waals surface area contributed by atoms with Crippen molar-refractivity contribution in [3.63, 3.8) is 0 Å². The van der Waals surface area contributed by atoms with Crippen LogP contribution in [0.5, 0.6) is 0 Å². The molecule has 0 radical (unpaired) electrons. The summed E-state index contributed by atoms with van der Waals surface area (Å²) >= 11 is 0. The van der Waals surface area contributed by atoms with E-state index in [0.717, 1.165) is 0 Å². The van der Waals surface area contributed by atoms with E-state index in [1.165, 1.54) is 0 Å². The monoisotopic (exact) mass is 315 g/mol. The molecule has 0 spiro atoms. The first-order valence-corrected chi connectivity index (χ1v) is 8.26. The third kappa shape index (κ3) is 3.11. The minimum Gasteiger partial charge on any atom is -0.360 e. The van der Waals surface area contributed by atoms with Crippen LogP contribution in [0, 0.1) is 13.8 Å². The lowest BCUT2D eigenvalue weighted by molar-refractivity contribution is -0.131. The molecule has 1 aliphatic heterocycles. The summed E-state index contributed by atoms with van der Waals surface area (Å²) in [6.07, 6.45) is 0.167. The first-order chi connectivity index (χ1) is 9.52. The summed E-state index contributed by atoms with van der Waals surface area (Å²) in [5.41, 5.74) is -0.00247. The highest BCUT2D eigenvalue weighted by Crippen LogP contribution is 2.24. The van der Waals surface area contributed by atoms with Gasteiger partial charge in [-0.3, -0.25) is 4.79 Å². The molecular formula is C13H21N3O4S. The standard InChI is InChI=1S/C13H21N3O4S/c1-8-12(9(2)20-14-8)21(18,19)15-10-6-11(17)16(7-10)13(3,4)5/h10,15H,6-7H2,1-5H3. The van der Waals surface area contributed by atoms with Gasteiger partial charge in [-0.1, -0.05) is 5.16 Å². The third-order valence-corrected chi connectivity index (χ3v) is 5.26. The zero-order valence-corrected chi connectivity index (χ0v) is 13.7. The van der Waals surface area contributed by atoms with E-state index in [1.807, 2.05) is 20.8 Å². The highest BCUT2D eigenvalue weighted by Gasteiger charge is 2.38. The topological polar surface area (TPSA) is 92.5 Å². The van der Waals surface area contributed by atoms with Gasteiger partial charge in [0.05, 0.1) is 0 Å². The largest absolute Gasteiger partial charge is 0.360 e. The minimum absolute atomic E-state index is 0.0473. The lowest BCUT2D eigenvalue weighted by Crippen LogP contribution is -2.44. The van der Waals surface area contributed by atoms with Crippen molar-refractivity contribution < 1.29 is 17.7 Å². The van der Waals surface area contributed by atoms with E-state index in [4.69, 9.17) is 4.52 Å². The van der Waals surface area contributed by atoms with Gasteiger partial charge in [-0.2, -0.15) is 0 Å². The molecule has 0 saturated carbocycles. The summed E-state index contributed by atoms with van der Waals surface area (Å²) < 4.78 is 32.3. The summed E-state index contributed by atoms with van der Waals surface area (Å²) in [7, 11) is -3.74. The van der Waals surface area contributed by atoms with Gasteiger partial charge < -0.3 is 9.42 Å². The van der Waals surface area contributed by atoms with Crippen molar-refractivity contribution in [2.24, 2.45) is 0 Å². The summed E-state index contributed by atoms with van der Waals surface area (Å²) in [5.74, 6) is 0.200. The quantitative estimate of drug-likeness (QED) is 0.897. The van der Waals surface area contributed by atoms with Crippen LogP contribution in [0.2, 0.25) is 0 Å². The molecule has 1 atom stereocenters. The van der Waals surface area contributed by atoms with E-state index in [-0.39, 0.29) is 28.5 Å². The summed E-state index contributed by atoms with van der Waals surface area (Å²) in [4.78, 5) is 13.7. The van der Waals surface area contributed by atoms with Gasteiger partial charge in [-0.15, -0.1) is 0 Å². The van der Waals surface area contributed by atoms with Crippen molar-refractivity contribution in [1.82, 2.24) is 14.8 Å². The second-order valence-electron chi connectivity index (χ2n) is 6.35. The predicted octanol–water partition coefficient (Wildman–Crippen LogP) is 0.969. The van der Waals surface area contributed by atoms with Crippen molar-refractivity contribution in [2.45, 2.75) is 57.5 Å². The maximum Gasteiger partial charge on any atom is 0.246 e. The van der Waals surface area contributed by atoms with Crippen molar-refractivity contribution >= 4 is 15.9 Å². The van der Waals surface area contributed by atoms with Crippen molar-refractivity contribution in [3.8, 4) is 0 Å². The normalized spacial score (nSPS) is 20.3. The second kappa shape index (κ2) is 5.10. The predicted molar refractivity (Wildman–Crippen MR) is 76.2 cm³/mol. The zero-order valence-electron chi connectivity index (χ0n) is 12.9. The van der Waals surface area contributed by atoms with Gasteiger partial charge in [0, 0.05) is 24.5 Å². The Bertz CT molecular complexity index is 638. The first kappa shape index (κ1) is 16.0. The fraction of sp³-hybridized carbons (Fsp3) is 0.692. The fourth-order valence-electron chi connectivity index (χ4n) is 2.57. The average Bonchev–Trinajstić information content (AvgIpc) is 2.81. The van der Waals surface area contributed by atoms with Gasteiger partial charge in [-0.25, -0.2) is 13.1 Å². The van der Waals surface area contributed by atoms with Crippen LogP contribution in [0.15, 0.2) is 9.42 Å². The van der Waals surface area contributed by atoms with Gasteiger partial charge in [0.15, 0.2) is 5.76 Å². The molecule has 1 amide bonds. The van der Waals surface area contributed by atoms with Gasteiger partial charge >= 0.3 is 0 Å². The molecule has 0 aromatic carbocycles. The van der Waals surface area contributed by atoms with E-state index < -0.39 is 16.1 Å². The third-order valence-electron chi connectivity index (χ3n) is 3.49. The number of hydrogen-bond donors (Lipinski definition) is 1. The number of nitrogens with one attached hydrogen (secondary N) is 1. The number of nitrogens with zero attached hydrogens (tertiary/aromatic N) is 2. The zero-order chi connectivity index (χ0) is 16.0. The summed E-state index contributed by atoms with van der Waals surface area (Å²) in [6.45, 7) is 9.27. The molecule has 7 nitrogen and oxygen atoms in total. The Hall–Kier alpha value is -1.41. The molecule has 1 aliphatic rings. The number of aromatic nitrogens is 1. The number of hydrogen-bond acceptors (Lipinski definition) is 5. The Morgan fingerprint density at radius 2 is 1.95 bits per heavy atom. The summed E-state index contributed by atoms with van der Waals surface area (Å²) in [6, 6.07) is -0.435. The molecule has 8 heteroatoms. The molecule has 1 saturated heterocycles. The lowest BCUT2D eigenvalue weighted by atomic mass is 10.1. The number of likely N-dealkylation sites (tertiary alicyclic amines) is 1. The van der Waals surface area contributed by atoms with Crippen LogP contribution in [0.1, 0.15) is 38.6 Å². The number of rotatable bonds is 3. The molecule has 2 heterocycles. The maximum atomic E-state index is 12.4. The first-order valence-electron chi connectivity index (χ1n) is 6.78. The van der Waals surface area contributed by atoms with Crippen LogP contribution in [-0.2, 0) is 14.8 Å². The van der Waals surface area contributed by atoms with E-state index >= 15 is 0 Å². The smallest absolute Gasteiger partial charge is 0.246 e. The van der Waals surface area contributed by atoms with Crippen LogP contribution in [-0.4, -0.2) is 42.5 Å². The number of carbonyl (C=O) groups is 1. The molecule has 21 heavy (non-hydrogen) atoms. The van der Waals surface area contributed by atoms with Gasteiger partial charge in [-0.05, 0) is 34.6 Å². The second-order valence-corrected chi connectivity index (χ2v) is 8.00. The molecule has 1 unspecified atom stereocenters. The average molecular weight is 315 g/mol. The number of carbonyl (C=O) groups excluding carboxylic acids is 1. The van der Waals surface area contributed by atoms with Crippen molar-refractivity contribution in [2.75, 3.05) is 6.54 Å². The highest BCUT2D eigenvalue weighted by atomic mass is 32.2. The van der Waals surface area contributed by atoms with Crippen molar-refractivity contribution in [1.29, 1.82) is 0 Å². The van der Waals surface area contributed by atoms with E-state index in [9.17, 15) is 13.2 Å². The van der Waals surface area contributed by atoms with Crippen LogP contribution in [0.25, 0.3) is 0 Å². The molecule has 1 aromatic rings. The minimum atomic E-state index is -3.74. The highest BCUT2D eigenvalue weighted by molar-refractivity contribution is 7.89. The Balaban J connectivity index is 2.18. The van der Waals surface area contributed by atoms with E-state index in [0.29, 0.717) is 12.2 Å².